The molecule has 0 radical (unpaired) electrons. The zero-order valence-corrected chi connectivity index (χ0v) is 11.1. The normalized spacial score (nSPS) is 29.3. The van der Waals surface area contributed by atoms with E-state index in [1.807, 2.05) is 6.07 Å². The fraction of sp³-hybridized carbons (Fsp3) is 0.500. The van der Waals surface area contributed by atoms with Crippen LogP contribution in [0.25, 0.3) is 0 Å². The van der Waals surface area contributed by atoms with E-state index in [-0.39, 0.29) is 29.7 Å². The zero-order chi connectivity index (χ0) is 14.1. The van der Waals surface area contributed by atoms with Crippen molar-refractivity contribution in [2.24, 2.45) is 5.92 Å². The summed E-state index contributed by atoms with van der Waals surface area (Å²) in [5, 5.41) is 8.97. The smallest absolute Gasteiger partial charge is 0.248 e. The van der Waals surface area contributed by atoms with Gasteiger partial charge < -0.3 is 10.0 Å². The summed E-state index contributed by atoms with van der Waals surface area (Å²) in [6, 6.07) is 6.77. The number of benzene rings is 1. The Balaban J connectivity index is 1.79. The van der Waals surface area contributed by atoms with Gasteiger partial charge >= 0.3 is 0 Å². The molecule has 3 unspecified atom stereocenters. The van der Waals surface area contributed by atoms with E-state index in [0.717, 1.165) is 12.0 Å². The molecule has 2 heterocycles. The summed E-state index contributed by atoms with van der Waals surface area (Å²) in [5.41, 5.74) is 7.31. The average Bonchev–Trinajstić information content (AvgIpc) is 2.89. The van der Waals surface area contributed by atoms with Crippen molar-refractivity contribution in [3.05, 3.63) is 35.6 Å². The van der Waals surface area contributed by atoms with Crippen molar-refractivity contribution in [1.82, 2.24) is 15.8 Å². The summed E-state index contributed by atoms with van der Waals surface area (Å²) in [4.78, 5) is 13.3. The number of amides is 1. The Labute approximate surface area is 116 Å². The number of fused-ring (bicyclic) bond motifs is 1. The number of aliphatic hydroxyl groups is 1. The van der Waals surface area contributed by atoms with Crippen LogP contribution in [0.3, 0.4) is 0 Å². The molecule has 2 aliphatic rings. The van der Waals surface area contributed by atoms with Crippen molar-refractivity contribution in [2.45, 2.75) is 18.5 Å². The van der Waals surface area contributed by atoms with E-state index in [9.17, 15) is 9.18 Å². The maximum Gasteiger partial charge on any atom is 0.248 e. The van der Waals surface area contributed by atoms with Gasteiger partial charge in [-0.05, 0) is 24.1 Å². The quantitative estimate of drug-likeness (QED) is 0.723. The molecular formula is C14H18FN3O2. The maximum absolute atomic E-state index is 13.4. The van der Waals surface area contributed by atoms with Crippen LogP contribution in [0.5, 0.6) is 0 Å². The number of nitrogens with one attached hydrogen (secondary N) is 2. The Bertz CT molecular complexity index is 511. The third kappa shape index (κ3) is 2.42. The molecule has 2 saturated heterocycles. The van der Waals surface area contributed by atoms with Gasteiger partial charge in [0, 0.05) is 25.0 Å². The fourth-order valence-electron chi connectivity index (χ4n) is 3.16. The number of hydrogen-bond donors (Lipinski definition) is 3. The third-order valence-electron chi connectivity index (χ3n) is 4.21. The van der Waals surface area contributed by atoms with E-state index < -0.39 is 6.61 Å². The number of halogens is 1. The van der Waals surface area contributed by atoms with Crippen LogP contribution in [0.2, 0.25) is 0 Å². The topological polar surface area (TPSA) is 64.6 Å². The lowest BCUT2D eigenvalue weighted by Gasteiger charge is -2.35. The first-order valence-electron chi connectivity index (χ1n) is 6.84. The Morgan fingerprint density at radius 2 is 2.30 bits per heavy atom. The molecule has 1 aromatic carbocycles. The van der Waals surface area contributed by atoms with Crippen LogP contribution in [-0.2, 0) is 4.79 Å². The number of rotatable bonds is 2. The predicted molar refractivity (Wildman–Crippen MR) is 71.0 cm³/mol. The lowest BCUT2D eigenvalue weighted by atomic mass is 9.85. The van der Waals surface area contributed by atoms with E-state index >= 15 is 0 Å². The van der Waals surface area contributed by atoms with Gasteiger partial charge in [0.2, 0.25) is 5.91 Å². The summed E-state index contributed by atoms with van der Waals surface area (Å²) in [7, 11) is 0. The number of hydrazine groups is 1. The molecule has 108 valence electrons. The minimum Gasteiger partial charge on any atom is -0.387 e. The number of carbonyl (C=O) groups is 1. The van der Waals surface area contributed by atoms with Crippen LogP contribution in [-0.4, -0.2) is 41.7 Å². The molecule has 3 rings (SSSR count). The van der Waals surface area contributed by atoms with Gasteiger partial charge in [-0.25, -0.2) is 9.82 Å². The van der Waals surface area contributed by atoms with Crippen LogP contribution < -0.4 is 10.9 Å². The number of nitrogens with zero attached hydrogens (tertiary/aromatic N) is 1. The van der Waals surface area contributed by atoms with Crippen molar-refractivity contribution >= 4 is 5.91 Å². The van der Waals surface area contributed by atoms with Gasteiger partial charge in [-0.2, -0.15) is 0 Å². The molecule has 0 bridgehead atoms. The molecule has 2 fully saturated rings. The van der Waals surface area contributed by atoms with Crippen LogP contribution in [0.1, 0.15) is 18.0 Å². The second kappa shape index (κ2) is 5.47. The summed E-state index contributed by atoms with van der Waals surface area (Å²) in [5.74, 6) is -0.318. The van der Waals surface area contributed by atoms with Gasteiger partial charge in [0.05, 0.1) is 6.04 Å². The monoisotopic (exact) mass is 279 g/mol. The lowest BCUT2D eigenvalue weighted by Crippen LogP contribution is -2.48. The minimum absolute atomic E-state index is 0.0232. The number of carbonyl (C=O) groups excluding carboxylic acids is 1. The van der Waals surface area contributed by atoms with Crippen LogP contribution in [0.4, 0.5) is 4.39 Å². The van der Waals surface area contributed by atoms with E-state index in [0.29, 0.717) is 13.1 Å². The second-order valence-corrected chi connectivity index (χ2v) is 5.38. The first kappa shape index (κ1) is 13.5. The molecule has 3 N–H and O–H groups in total. The average molecular weight is 279 g/mol. The molecule has 3 atom stereocenters. The van der Waals surface area contributed by atoms with Crippen molar-refractivity contribution in [3.63, 3.8) is 0 Å². The Kier molecular flexibility index (Phi) is 3.69. The van der Waals surface area contributed by atoms with Crippen LogP contribution >= 0.6 is 0 Å². The van der Waals surface area contributed by atoms with Gasteiger partial charge in [-0.3, -0.25) is 10.2 Å². The summed E-state index contributed by atoms with van der Waals surface area (Å²) in [6.07, 6.45) is 0.829. The van der Waals surface area contributed by atoms with E-state index in [2.05, 4.69) is 10.9 Å². The Morgan fingerprint density at radius 1 is 1.45 bits per heavy atom. The molecule has 6 heteroatoms. The van der Waals surface area contributed by atoms with Gasteiger partial charge in [0.15, 0.2) is 0 Å². The molecule has 20 heavy (non-hydrogen) atoms. The van der Waals surface area contributed by atoms with Gasteiger partial charge in [-0.1, -0.05) is 12.1 Å². The van der Waals surface area contributed by atoms with Crippen molar-refractivity contribution < 1.29 is 14.3 Å². The van der Waals surface area contributed by atoms with Gasteiger partial charge in [0.25, 0.3) is 0 Å². The highest BCUT2D eigenvalue weighted by molar-refractivity contribution is 5.77. The molecule has 0 aliphatic carbocycles. The summed E-state index contributed by atoms with van der Waals surface area (Å²) in [6.45, 7) is 0.763. The zero-order valence-electron chi connectivity index (χ0n) is 11.1. The Morgan fingerprint density at radius 3 is 3.05 bits per heavy atom. The highest BCUT2D eigenvalue weighted by Gasteiger charge is 2.41. The highest BCUT2D eigenvalue weighted by Crippen LogP contribution is 2.33. The van der Waals surface area contributed by atoms with Crippen molar-refractivity contribution in [3.8, 4) is 0 Å². The minimum atomic E-state index is -0.455. The van der Waals surface area contributed by atoms with E-state index in [4.69, 9.17) is 5.11 Å². The molecule has 1 aromatic rings. The van der Waals surface area contributed by atoms with E-state index in [1.165, 1.54) is 12.1 Å². The van der Waals surface area contributed by atoms with Crippen LogP contribution in [0.15, 0.2) is 24.3 Å². The number of aliphatic hydroxyl groups excluding tert-OH is 1. The first-order chi connectivity index (χ1) is 9.69. The van der Waals surface area contributed by atoms with Crippen molar-refractivity contribution in [1.29, 1.82) is 0 Å². The molecule has 5 nitrogen and oxygen atoms in total. The van der Waals surface area contributed by atoms with Gasteiger partial charge in [-0.15, -0.1) is 0 Å². The largest absolute Gasteiger partial charge is 0.387 e. The van der Waals surface area contributed by atoms with Gasteiger partial charge in [0.1, 0.15) is 12.4 Å². The second-order valence-electron chi connectivity index (χ2n) is 5.38. The lowest BCUT2D eigenvalue weighted by molar-refractivity contribution is -0.136. The predicted octanol–water partition coefficient (Wildman–Crippen LogP) is 0.184. The summed E-state index contributed by atoms with van der Waals surface area (Å²) < 4.78 is 13.4. The van der Waals surface area contributed by atoms with Crippen molar-refractivity contribution in [2.75, 3.05) is 19.7 Å². The number of piperidine rings is 1. The molecule has 2 aliphatic heterocycles. The van der Waals surface area contributed by atoms with E-state index in [1.54, 1.807) is 11.0 Å². The first-order valence-corrected chi connectivity index (χ1v) is 6.84. The SMILES string of the molecule is O=C(CO)N1CCC2NNC(c3cccc(F)c3)C2C1. The standard InChI is InChI=1S/C14H18FN3O2/c15-10-3-1-2-9(6-10)14-11-7-18(13(20)8-19)5-4-12(11)16-17-14/h1-3,6,11-12,14,16-17,19H,4-5,7-8H2. The molecule has 0 saturated carbocycles. The Hall–Kier alpha value is -1.50. The maximum atomic E-state index is 13.4. The van der Waals surface area contributed by atoms with Crippen LogP contribution in [0, 0.1) is 11.7 Å². The number of hydrogen-bond acceptors (Lipinski definition) is 4. The molecule has 0 aromatic heterocycles. The molecular weight excluding hydrogens is 261 g/mol. The fourth-order valence-corrected chi connectivity index (χ4v) is 3.16. The third-order valence-corrected chi connectivity index (χ3v) is 4.21. The summed E-state index contributed by atoms with van der Waals surface area (Å²) >= 11 is 0. The molecule has 1 amide bonds. The highest BCUT2D eigenvalue weighted by atomic mass is 19.1. The molecule has 0 spiro atoms. The number of likely N-dealkylation sites (tertiary alicyclic amines) is 1.